The van der Waals surface area contributed by atoms with Crippen LogP contribution < -0.4 is 5.32 Å². The monoisotopic (exact) mass is 364 g/mol. The second-order valence-corrected chi connectivity index (χ2v) is 6.80. The van der Waals surface area contributed by atoms with Crippen LogP contribution in [-0.2, 0) is 17.9 Å². The molecule has 2 aromatic carbocycles. The number of nitrogens with one attached hydrogen (secondary N) is 1. The van der Waals surface area contributed by atoms with Crippen molar-refractivity contribution in [2.75, 3.05) is 6.54 Å². The number of rotatable bonds is 6. The normalized spacial score (nSPS) is 16.9. The van der Waals surface area contributed by atoms with Gasteiger partial charge in [-0.2, -0.15) is 5.10 Å². The van der Waals surface area contributed by atoms with Gasteiger partial charge in [0.25, 0.3) is 0 Å². The van der Waals surface area contributed by atoms with Crippen molar-refractivity contribution in [1.82, 2.24) is 20.0 Å². The van der Waals surface area contributed by atoms with Gasteiger partial charge in [0, 0.05) is 44.5 Å². The fraction of sp³-hybridized carbons (Fsp3) is 0.238. The molecule has 1 saturated heterocycles. The summed E-state index contributed by atoms with van der Waals surface area (Å²) in [5, 5.41) is 7.68. The maximum absolute atomic E-state index is 13.0. The van der Waals surface area contributed by atoms with Gasteiger partial charge in [0.1, 0.15) is 5.82 Å². The molecule has 5 nitrogen and oxygen atoms in total. The first-order valence-corrected chi connectivity index (χ1v) is 9.02. The van der Waals surface area contributed by atoms with Crippen molar-refractivity contribution >= 4 is 5.91 Å². The molecule has 0 bridgehead atoms. The SMILES string of the molecule is O=C1CC(NCc2ccc(-n3cccn3)cc2)CN1Cc1ccc(F)cc1. The third-order valence-electron chi connectivity index (χ3n) is 4.80. The number of carbonyl (C=O) groups excluding carboxylic acids is 1. The molecule has 6 heteroatoms. The smallest absolute Gasteiger partial charge is 0.224 e. The molecule has 1 aliphatic rings. The number of hydrogen-bond donors (Lipinski definition) is 1. The summed E-state index contributed by atoms with van der Waals surface area (Å²) in [5.41, 5.74) is 3.13. The molecule has 4 rings (SSSR count). The van der Waals surface area contributed by atoms with E-state index in [2.05, 4.69) is 22.5 Å². The van der Waals surface area contributed by atoms with Crippen molar-refractivity contribution in [1.29, 1.82) is 0 Å². The average molecular weight is 364 g/mol. The highest BCUT2D eigenvalue weighted by Crippen LogP contribution is 2.16. The minimum atomic E-state index is -0.260. The van der Waals surface area contributed by atoms with E-state index in [1.807, 2.05) is 34.0 Å². The molecule has 1 N–H and O–H groups in total. The summed E-state index contributed by atoms with van der Waals surface area (Å²) in [4.78, 5) is 14.1. The third-order valence-corrected chi connectivity index (χ3v) is 4.80. The molecule has 138 valence electrons. The summed E-state index contributed by atoms with van der Waals surface area (Å²) in [6, 6.07) is 16.5. The molecule has 1 amide bonds. The van der Waals surface area contributed by atoms with Gasteiger partial charge in [-0.1, -0.05) is 24.3 Å². The maximum Gasteiger partial charge on any atom is 0.224 e. The molecule has 1 fully saturated rings. The van der Waals surface area contributed by atoms with Gasteiger partial charge in [0.05, 0.1) is 5.69 Å². The molecule has 0 aliphatic carbocycles. The Morgan fingerprint density at radius 1 is 1.07 bits per heavy atom. The highest BCUT2D eigenvalue weighted by Gasteiger charge is 2.29. The van der Waals surface area contributed by atoms with Crippen LogP contribution in [0.5, 0.6) is 0 Å². The van der Waals surface area contributed by atoms with Crippen molar-refractivity contribution < 1.29 is 9.18 Å². The number of halogens is 1. The molecule has 0 radical (unpaired) electrons. The molecular formula is C21H21FN4O. The Morgan fingerprint density at radius 2 is 1.81 bits per heavy atom. The molecular weight excluding hydrogens is 343 g/mol. The number of carbonyl (C=O) groups is 1. The molecule has 2 heterocycles. The molecule has 1 aliphatic heterocycles. The first-order valence-electron chi connectivity index (χ1n) is 9.02. The Balaban J connectivity index is 1.30. The number of benzene rings is 2. The zero-order valence-corrected chi connectivity index (χ0v) is 14.9. The molecule has 1 atom stereocenters. The Labute approximate surface area is 157 Å². The first kappa shape index (κ1) is 17.4. The first-order chi connectivity index (χ1) is 13.2. The van der Waals surface area contributed by atoms with Gasteiger partial charge >= 0.3 is 0 Å². The summed E-state index contributed by atoms with van der Waals surface area (Å²) in [7, 11) is 0. The lowest BCUT2D eigenvalue weighted by molar-refractivity contribution is -0.128. The maximum atomic E-state index is 13.0. The molecule has 1 aromatic heterocycles. The molecule has 0 saturated carbocycles. The number of amides is 1. The van der Waals surface area contributed by atoms with Gasteiger partial charge in [-0.15, -0.1) is 0 Å². The van der Waals surface area contributed by atoms with E-state index in [0.29, 0.717) is 26.1 Å². The van der Waals surface area contributed by atoms with Crippen molar-refractivity contribution in [2.45, 2.75) is 25.6 Å². The van der Waals surface area contributed by atoms with Crippen LogP contribution in [0.3, 0.4) is 0 Å². The van der Waals surface area contributed by atoms with E-state index >= 15 is 0 Å². The van der Waals surface area contributed by atoms with Crippen LogP contribution in [0.2, 0.25) is 0 Å². The van der Waals surface area contributed by atoms with E-state index in [4.69, 9.17) is 0 Å². The van der Waals surface area contributed by atoms with E-state index < -0.39 is 0 Å². The lowest BCUT2D eigenvalue weighted by Crippen LogP contribution is -2.32. The van der Waals surface area contributed by atoms with E-state index in [0.717, 1.165) is 16.8 Å². The predicted molar refractivity (Wildman–Crippen MR) is 101 cm³/mol. The van der Waals surface area contributed by atoms with Crippen molar-refractivity contribution in [3.05, 3.63) is 83.9 Å². The highest BCUT2D eigenvalue weighted by atomic mass is 19.1. The topological polar surface area (TPSA) is 50.2 Å². The standard InChI is InChI=1S/C21H21FN4O/c22-18-6-2-17(3-7-18)14-25-15-19(12-21(25)27)23-13-16-4-8-20(9-5-16)26-11-1-10-24-26/h1-11,19,23H,12-15H2. The third kappa shape index (κ3) is 4.23. The lowest BCUT2D eigenvalue weighted by atomic mass is 10.2. The van der Waals surface area contributed by atoms with Crippen LogP contribution in [0, 0.1) is 5.82 Å². The summed E-state index contributed by atoms with van der Waals surface area (Å²) in [6.45, 7) is 1.90. The quantitative estimate of drug-likeness (QED) is 0.732. The van der Waals surface area contributed by atoms with Gasteiger partial charge in [-0.25, -0.2) is 9.07 Å². The highest BCUT2D eigenvalue weighted by molar-refractivity contribution is 5.79. The largest absolute Gasteiger partial charge is 0.337 e. The van der Waals surface area contributed by atoms with Crippen LogP contribution in [0.25, 0.3) is 5.69 Å². The minimum absolute atomic E-state index is 0.128. The zero-order valence-electron chi connectivity index (χ0n) is 14.9. The molecule has 3 aromatic rings. The number of likely N-dealkylation sites (tertiary alicyclic amines) is 1. The average Bonchev–Trinajstić information content (AvgIpc) is 3.33. The van der Waals surface area contributed by atoms with Crippen molar-refractivity contribution in [2.24, 2.45) is 0 Å². The van der Waals surface area contributed by atoms with Gasteiger partial charge in [-0.3, -0.25) is 4.79 Å². The fourth-order valence-electron chi connectivity index (χ4n) is 3.32. The van der Waals surface area contributed by atoms with E-state index in [1.54, 1.807) is 18.3 Å². The fourth-order valence-corrected chi connectivity index (χ4v) is 3.32. The van der Waals surface area contributed by atoms with Crippen molar-refractivity contribution in [3.63, 3.8) is 0 Å². The zero-order chi connectivity index (χ0) is 18.6. The lowest BCUT2D eigenvalue weighted by Gasteiger charge is -2.17. The second kappa shape index (κ2) is 7.72. The molecule has 27 heavy (non-hydrogen) atoms. The van der Waals surface area contributed by atoms with Crippen molar-refractivity contribution in [3.8, 4) is 5.69 Å². The van der Waals surface area contributed by atoms with Crippen LogP contribution >= 0.6 is 0 Å². The number of hydrogen-bond acceptors (Lipinski definition) is 3. The molecule has 0 spiro atoms. The van der Waals surface area contributed by atoms with Gasteiger partial charge in [-0.05, 0) is 41.5 Å². The number of nitrogens with zero attached hydrogens (tertiary/aromatic N) is 3. The molecule has 1 unspecified atom stereocenters. The summed E-state index contributed by atoms with van der Waals surface area (Å²) in [6.07, 6.45) is 4.16. The van der Waals surface area contributed by atoms with E-state index in [1.165, 1.54) is 12.1 Å². The summed E-state index contributed by atoms with van der Waals surface area (Å²) >= 11 is 0. The summed E-state index contributed by atoms with van der Waals surface area (Å²) < 4.78 is 14.8. The Hall–Kier alpha value is -2.99. The minimum Gasteiger partial charge on any atom is -0.337 e. The van der Waals surface area contributed by atoms with E-state index in [-0.39, 0.29) is 17.8 Å². The Kier molecular flexibility index (Phi) is 4.98. The van der Waals surface area contributed by atoms with Gasteiger partial charge < -0.3 is 10.2 Å². The van der Waals surface area contributed by atoms with Gasteiger partial charge in [0.15, 0.2) is 0 Å². The predicted octanol–water partition coefficient (Wildman–Crippen LogP) is 2.90. The van der Waals surface area contributed by atoms with Crippen LogP contribution in [-0.4, -0.2) is 33.2 Å². The van der Waals surface area contributed by atoms with Gasteiger partial charge in [0.2, 0.25) is 5.91 Å². The van der Waals surface area contributed by atoms with Crippen LogP contribution in [0.4, 0.5) is 4.39 Å². The Morgan fingerprint density at radius 3 is 2.52 bits per heavy atom. The number of aromatic nitrogens is 2. The van der Waals surface area contributed by atoms with Crippen LogP contribution in [0.15, 0.2) is 67.0 Å². The summed E-state index contributed by atoms with van der Waals surface area (Å²) in [5.74, 6) is -0.129. The van der Waals surface area contributed by atoms with Crippen LogP contribution in [0.1, 0.15) is 17.5 Å². The second-order valence-electron chi connectivity index (χ2n) is 6.80. The van der Waals surface area contributed by atoms with E-state index in [9.17, 15) is 9.18 Å². The Bertz CT molecular complexity index is 891.